The smallest absolute Gasteiger partial charge is 0.320 e. The monoisotopic (exact) mass is 460 g/mol. The molecule has 0 heterocycles. The van der Waals surface area contributed by atoms with Crippen molar-refractivity contribution in [3.05, 3.63) is 12.2 Å². The molecule has 0 bridgehead atoms. The van der Waals surface area contributed by atoms with Gasteiger partial charge in [0.1, 0.15) is 0 Å². The van der Waals surface area contributed by atoms with Gasteiger partial charge in [0, 0.05) is 6.42 Å². The van der Waals surface area contributed by atoms with Gasteiger partial charge in [-0.05, 0) is 38.5 Å². The Kier molecular flexibility index (Phi) is 19.2. The van der Waals surface area contributed by atoms with Crippen molar-refractivity contribution in [2.75, 3.05) is 27.7 Å². The molecule has 0 amide bonds. The zero-order chi connectivity index (χ0) is 23.4. The number of allylic oxidation sites excluding steroid dienone is 2. The number of unbranched alkanes of at least 4 members (excludes halogenated alkanes) is 13. The Morgan fingerprint density at radius 1 is 0.742 bits per heavy atom. The van der Waals surface area contributed by atoms with Gasteiger partial charge in [-0.1, -0.05) is 90.2 Å². The zero-order valence-corrected chi connectivity index (χ0v) is 22.5. The quantitative estimate of drug-likeness (QED) is 0.0763. The van der Waals surface area contributed by atoms with Crippen LogP contribution >= 0.6 is 7.60 Å². The lowest BCUT2D eigenvalue weighted by Gasteiger charge is -2.35. The van der Waals surface area contributed by atoms with Crippen molar-refractivity contribution in [1.82, 2.24) is 0 Å². The first-order valence-electron chi connectivity index (χ1n) is 13.2. The predicted octanol–water partition coefficient (Wildman–Crippen LogP) is 8.45. The van der Waals surface area contributed by atoms with Gasteiger partial charge >= 0.3 is 7.60 Å². The van der Waals surface area contributed by atoms with Crippen LogP contribution in [0.2, 0.25) is 0 Å². The lowest BCUT2D eigenvalue weighted by molar-refractivity contribution is -0.883. The molecule has 0 aliphatic rings. The van der Waals surface area contributed by atoms with E-state index in [0.29, 0.717) is 17.5 Å². The molecule has 0 saturated carbocycles. The summed E-state index contributed by atoms with van der Waals surface area (Å²) in [5.41, 5.74) is 0. The van der Waals surface area contributed by atoms with E-state index in [9.17, 15) is 9.46 Å². The van der Waals surface area contributed by atoms with Crippen molar-refractivity contribution in [1.29, 1.82) is 0 Å². The molecule has 186 valence electrons. The second-order valence-corrected chi connectivity index (χ2v) is 12.1. The summed E-state index contributed by atoms with van der Waals surface area (Å²) in [6.07, 6.45) is 25.5. The van der Waals surface area contributed by atoms with Crippen LogP contribution in [0, 0.1) is 0 Å². The first-order valence-corrected chi connectivity index (χ1v) is 14.8. The predicted molar refractivity (Wildman–Crippen MR) is 137 cm³/mol. The average Bonchev–Trinajstić information content (AvgIpc) is 2.70. The highest BCUT2D eigenvalue weighted by Crippen LogP contribution is 2.51. The fourth-order valence-corrected chi connectivity index (χ4v) is 6.08. The largest absolute Gasteiger partial charge is 0.385 e. The minimum Gasteiger partial charge on any atom is -0.320 e. The molecule has 0 aromatic carbocycles. The van der Waals surface area contributed by atoms with E-state index in [0.717, 1.165) is 32.1 Å². The lowest BCUT2D eigenvalue weighted by Crippen LogP contribution is -2.45. The summed E-state index contributed by atoms with van der Waals surface area (Å²) in [7, 11) is 2.33. The molecule has 1 N–H and O–H groups in total. The molecule has 2 atom stereocenters. The highest BCUT2D eigenvalue weighted by Gasteiger charge is 2.41. The van der Waals surface area contributed by atoms with Crippen LogP contribution in [0.4, 0.5) is 0 Å². The summed E-state index contributed by atoms with van der Waals surface area (Å²) in [6, 6.07) is 0. The van der Waals surface area contributed by atoms with E-state index in [4.69, 9.17) is 4.52 Å². The van der Waals surface area contributed by atoms with Gasteiger partial charge in [-0.25, -0.2) is 0 Å². The Hall–Kier alpha value is -0.150. The summed E-state index contributed by atoms with van der Waals surface area (Å²) in [6.45, 7) is 4.72. The van der Waals surface area contributed by atoms with Crippen LogP contribution in [-0.4, -0.2) is 42.9 Å². The molecule has 0 saturated heterocycles. The van der Waals surface area contributed by atoms with Crippen molar-refractivity contribution in [2.24, 2.45) is 0 Å². The number of nitrogens with zero attached hydrogens (tertiary/aromatic N) is 1. The number of hydrogen-bond acceptors (Lipinski definition) is 2. The SMILES string of the molecule is CCCCCCCCCCC/C=C\CCCCCCOP(=O)(O)C(CCC)[N+](C)(C)C. The number of rotatable bonds is 22. The molecule has 2 unspecified atom stereocenters. The molecule has 0 fully saturated rings. The first-order chi connectivity index (χ1) is 14.8. The van der Waals surface area contributed by atoms with Gasteiger partial charge < -0.3 is 13.9 Å². The minimum atomic E-state index is -3.57. The summed E-state index contributed by atoms with van der Waals surface area (Å²) >= 11 is 0. The summed E-state index contributed by atoms with van der Waals surface area (Å²) in [4.78, 5) is 10.4. The van der Waals surface area contributed by atoms with E-state index in [2.05, 4.69) is 19.1 Å². The molecule has 0 aliphatic carbocycles. The molecule has 0 rings (SSSR count). The van der Waals surface area contributed by atoms with E-state index in [1.165, 1.54) is 70.6 Å². The zero-order valence-electron chi connectivity index (χ0n) is 21.6. The third-order valence-corrected chi connectivity index (χ3v) is 8.26. The molecule has 0 spiro atoms. The molecule has 31 heavy (non-hydrogen) atoms. The molecule has 0 aromatic rings. The van der Waals surface area contributed by atoms with Crippen LogP contribution in [-0.2, 0) is 9.09 Å². The first kappa shape index (κ1) is 30.9. The van der Waals surface area contributed by atoms with Gasteiger partial charge in [0.2, 0.25) is 0 Å². The van der Waals surface area contributed by atoms with Crippen LogP contribution in [0.1, 0.15) is 123 Å². The van der Waals surface area contributed by atoms with Gasteiger partial charge in [-0.2, -0.15) is 0 Å². The molecular weight excluding hydrogens is 405 g/mol. The summed E-state index contributed by atoms with van der Waals surface area (Å²) < 4.78 is 18.6. The lowest BCUT2D eigenvalue weighted by atomic mass is 10.1. The number of hydrogen-bond donors (Lipinski definition) is 1. The fourth-order valence-electron chi connectivity index (χ4n) is 4.05. The second kappa shape index (κ2) is 19.3. The van der Waals surface area contributed by atoms with Gasteiger partial charge in [0.15, 0.2) is 5.78 Å². The van der Waals surface area contributed by atoms with Crippen molar-refractivity contribution >= 4 is 7.60 Å². The standard InChI is InChI=1S/C26H54NO3P/c1-6-8-9-10-11-12-13-14-15-16-17-18-19-20-21-22-23-25-30-31(28,29)26(24-7-2)27(3,4)5/h17-18,26H,6-16,19-25H2,1-5H3/p+1/b18-17-. The normalized spacial score (nSPS) is 15.4. The van der Waals surface area contributed by atoms with Gasteiger partial charge in [0.25, 0.3) is 0 Å². The minimum absolute atomic E-state index is 0.339. The van der Waals surface area contributed by atoms with Crippen molar-refractivity contribution < 1.29 is 18.5 Å². The van der Waals surface area contributed by atoms with Crippen molar-refractivity contribution in [3.8, 4) is 0 Å². The van der Waals surface area contributed by atoms with E-state index >= 15 is 0 Å². The van der Waals surface area contributed by atoms with E-state index < -0.39 is 7.60 Å². The molecule has 0 radical (unpaired) electrons. The Morgan fingerprint density at radius 2 is 1.19 bits per heavy atom. The Labute approximate surface area is 195 Å². The van der Waals surface area contributed by atoms with Crippen LogP contribution in [0.25, 0.3) is 0 Å². The molecule has 0 aliphatic heterocycles. The maximum atomic E-state index is 12.6. The van der Waals surface area contributed by atoms with Gasteiger partial charge in [-0.3, -0.25) is 4.57 Å². The number of quaternary nitrogens is 1. The Bertz CT molecular complexity index is 474. The van der Waals surface area contributed by atoms with Crippen molar-refractivity contribution in [2.45, 2.75) is 129 Å². The van der Waals surface area contributed by atoms with Crippen LogP contribution in [0.3, 0.4) is 0 Å². The van der Waals surface area contributed by atoms with E-state index in [1.54, 1.807) is 0 Å². The maximum absolute atomic E-state index is 12.6. The molecule has 5 heteroatoms. The molecular formula is C26H55NO3P+. The average molecular weight is 461 g/mol. The summed E-state index contributed by atoms with van der Waals surface area (Å²) in [5, 5.41) is 0. The van der Waals surface area contributed by atoms with E-state index in [1.807, 2.05) is 28.1 Å². The van der Waals surface area contributed by atoms with Gasteiger partial charge in [-0.15, -0.1) is 0 Å². The topological polar surface area (TPSA) is 46.5 Å². The fraction of sp³-hybridized carbons (Fsp3) is 0.923. The second-order valence-electron chi connectivity index (χ2n) is 10.1. The molecule has 4 nitrogen and oxygen atoms in total. The highest BCUT2D eigenvalue weighted by atomic mass is 31.2. The third-order valence-electron chi connectivity index (χ3n) is 6.00. The van der Waals surface area contributed by atoms with Crippen LogP contribution < -0.4 is 0 Å². The summed E-state index contributed by atoms with van der Waals surface area (Å²) in [5.74, 6) is -0.339. The third kappa shape index (κ3) is 18.0. The molecule has 0 aromatic heterocycles. The Balaban J connectivity index is 3.59. The highest BCUT2D eigenvalue weighted by molar-refractivity contribution is 7.53. The van der Waals surface area contributed by atoms with Crippen LogP contribution in [0.5, 0.6) is 0 Å². The van der Waals surface area contributed by atoms with Gasteiger partial charge in [0.05, 0.1) is 27.7 Å². The van der Waals surface area contributed by atoms with E-state index in [-0.39, 0.29) is 5.78 Å². The Morgan fingerprint density at radius 3 is 1.65 bits per heavy atom. The maximum Gasteiger partial charge on any atom is 0.385 e. The van der Waals surface area contributed by atoms with Crippen molar-refractivity contribution in [3.63, 3.8) is 0 Å². The van der Waals surface area contributed by atoms with Crippen LogP contribution in [0.15, 0.2) is 12.2 Å².